The van der Waals surface area contributed by atoms with Crippen molar-refractivity contribution in [1.82, 2.24) is 0 Å². The zero-order chi connectivity index (χ0) is 12.0. The van der Waals surface area contributed by atoms with Crippen LogP contribution in [0.2, 0.25) is 0 Å². The van der Waals surface area contributed by atoms with Crippen molar-refractivity contribution in [2.45, 2.75) is 46.5 Å². The quantitative estimate of drug-likeness (QED) is 0.713. The molecule has 2 nitrogen and oxygen atoms in total. The molecular weight excluding hydrogens is 196 g/mol. The van der Waals surface area contributed by atoms with Crippen molar-refractivity contribution < 1.29 is 0 Å². The van der Waals surface area contributed by atoms with Gasteiger partial charge >= 0.3 is 0 Å². The Hall–Kier alpha value is -0.630. The summed E-state index contributed by atoms with van der Waals surface area (Å²) in [6, 6.07) is 0. The number of nitrogens with two attached hydrogens (primary N) is 1. The molecule has 1 heterocycles. The zero-order valence-corrected chi connectivity index (χ0v) is 11.0. The Labute approximate surface area is 100 Å². The molecule has 2 N–H and O–H groups in total. The maximum Gasteiger partial charge on any atom is 0.0455 e. The molecular formula is C14H26N2. The third-order valence-electron chi connectivity index (χ3n) is 3.07. The molecule has 16 heavy (non-hydrogen) atoms. The van der Waals surface area contributed by atoms with Crippen LogP contribution in [0.3, 0.4) is 0 Å². The van der Waals surface area contributed by atoms with Gasteiger partial charge in [-0.1, -0.05) is 39.7 Å². The number of rotatable bonds is 5. The molecule has 1 aliphatic rings. The molecule has 0 saturated heterocycles. The smallest absolute Gasteiger partial charge is 0.0455 e. The van der Waals surface area contributed by atoms with E-state index in [9.17, 15) is 0 Å². The first-order valence-electron chi connectivity index (χ1n) is 6.47. The van der Waals surface area contributed by atoms with Crippen LogP contribution in [0.5, 0.6) is 0 Å². The summed E-state index contributed by atoms with van der Waals surface area (Å²) < 4.78 is 0. The summed E-state index contributed by atoms with van der Waals surface area (Å²) in [5.74, 6) is 0.656. The van der Waals surface area contributed by atoms with Gasteiger partial charge in [-0.15, -0.1) is 0 Å². The number of nitrogens with zero attached hydrogens (tertiary/aromatic N) is 1. The van der Waals surface area contributed by atoms with Crippen LogP contribution in [0.4, 0.5) is 0 Å². The van der Waals surface area contributed by atoms with Gasteiger partial charge in [0, 0.05) is 17.7 Å². The summed E-state index contributed by atoms with van der Waals surface area (Å²) in [5, 5.41) is 0. The summed E-state index contributed by atoms with van der Waals surface area (Å²) >= 11 is 0. The van der Waals surface area contributed by atoms with E-state index < -0.39 is 0 Å². The first kappa shape index (κ1) is 13.4. The Morgan fingerprint density at radius 2 is 2.06 bits per heavy atom. The lowest BCUT2D eigenvalue weighted by Gasteiger charge is -2.23. The van der Waals surface area contributed by atoms with Crippen LogP contribution in [-0.2, 0) is 0 Å². The van der Waals surface area contributed by atoms with Crippen LogP contribution >= 0.6 is 0 Å². The molecule has 0 aliphatic carbocycles. The van der Waals surface area contributed by atoms with E-state index in [4.69, 9.17) is 5.73 Å². The van der Waals surface area contributed by atoms with E-state index in [0.29, 0.717) is 5.92 Å². The van der Waals surface area contributed by atoms with E-state index in [-0.39, 0.29) is 5.41 Å². The molecule has 0 radical (unpaired) electrons. The Kier molecular flexibility index (Phi) is 5.20. The molecule has 92 valence electrons. The lowest BCUT2D eigenvalue weighted by atomic mass is 9.86. The molecule has 1 atom stereocenters. The van der Waals surface area contributed by atoms with Gasteiger partial charge in [0.1, 0.15) is 0 Å². The van der Waals surface area contributed by atoms with Crippen LogP contribution in [0.15, 0.2) is 17.1 Å². The Morgan fingerprint density at radius 1 is 1.31 bits per heavy atom. The van der Waals surface area contributed by atoms with Gasteiger partial charge in [-0.2, -0.15) is 0 Å². The van der Waals surface area contributed by atoms with Crippen molar-refractivity contribution in [1.29, 1.82) is 0 Å². The predicted octanol–water partition coefficient (Wildman–Crippen LogP) is 3.18. The normalized spacial score (nSPS) is 21.0. The van der Waals surface area contributed by atoms with Gasteiger partial charge in [-0.3, -0.25) is 4.99 Å². The summed E-state index contributed by atoms with van der Waals surface area (Å²) in [7, 11) is 0. The monoisotopic (exact) mass is 222 g/mol. The molecule has 1 rings (SSSR count). The minimum atomic E-state index is 0.195. The van der Waals surface area contributed by atoms with E-state index in [1.165, 1.54) is 25.0 Å². The van der Waals surface area contributed by atoms with Crippen LogP contribution in [0, 0.1) is 11.3 Å². The fourth-order valence-corrected chi connectivity index (χ4v) is 1.96. The second-order valence-electron chi connectivity index (χ2n) is 5.73. The fraction of sp³-hybridized carbons (Fsp3) is 0.786. The first-order valence-corrected chi connectivity index (χ1v) is 6.47. The minimum Gasteiger partial charge on any atom is -0.330 e. The highest BCUT2D eigenvalue weighted by Crippen LogP contribution is 2.23. The van der Waals surface area contributed by atoms with E-state index in [2.05, 4.69) is 37.9 Å². The molecule has 0 bridgehead atoms. The SMILES string of the molecule is CC(C)(C)C1=NCC(CCCCCN)C=C1. The number of dihydropyridines is 1. The molecule has 0 aromatic heterocycles. The van der Waals surface area contributed by atoms with Crippen LogP contribution in [0.1, 0.15) is 46.5 Å². The van der Waals surface area contributed by atoms with E-state index in [1.807, 2.05) is 0 Å². The second kappa shape index (κ2) is 6.19. The number of unbranched alkanes of at least 4 members (excludes halogenated alkanes) is 2. The molecule has 0 saturated carbocycles. The zero-order valence-electron chi connectivity index (χ0n) is 11.0. The van der Waals surface area contributed by atoms with Crippen LogP contribution < -0.4 is 5.73 Å². The lowest BCUT2D eigenvalue weighted by molar-refractivity contribution is 0.527. The van der Waals surface area contributed by atoms with Gasteiger partial charge in [-0.25, -0.2) is 0 Å². The lowest BCUT2D eigenvalue weighted by Crippen LogP contribution is -2.22. The molecule has 1 unspecified atom stereocenters. The number of allylic oxidation sites excluding steroid dienone is 1. The average molecular weight is 222 g/mol. The van der Waals surface area contributed by atoms with Gasteiger partial charge in [0.25, 0.3) is 0 Å². The van der Waals surface area contributed by atoms with Gasteiger partial charge in [-0.05, 0) is 31.4 Å². The number of hydrogen-bond acceptors (Lipinski definition) is 2. The van der Waals surface area contributed by atoms with Crippen LogP contribution in [0.25, 0.3) is 0 Å². The highest BCUT2D eigenvalue weighted by molar-refractivity contribution is 5.99. The topological polar surface area (TPSA) is 38.4 Å². The van der Waals surface area contributed by atoms with Crippen molar-refractivity contribution in [2.24, 2.45) is 22.1 Å². The highest BCUT2D eigenvalue weighted by Gasteiger charge is 2.19. The maximum absolute atomic E-state index is 5.48. The molecule has 0 amide bonds. The predicted molar refractivity (Wildman–Crippen MR) is 71.9 cm³/mol. The van der Waals surface area contributed by atoms with Gasteiger partial charge in [0.2, 0.25) is 0 Å². The second-order valence-corrected chi connectivity index (χ2v) is 5.73. The summed E-state index contributed by atoms with van der Waals surface area (Å²) in [6.45, 7) is 8.46. The molecule has 1 aliphatic heterocycles. The summed E-state index contributed by atoms with van der Waals surface area (Å²) in [5.41, 5.74) is 6.91. The Balaban J connectivity index is 2.27. The van der Waals surface area contributed by atoms with E-state index in [0.717, 1.165) is 19.5 Å². The van der Waals surface area contributed by atoms with Gasteiger partial charge in [0.15, 0.2) is 0 Å². The standard InChI is InChI=1S/C14H26N2/c1-14(2,3)13-9-8-12(11-16-13)7-5-4-6-10-15/h8-9,12H,4-7,10-11,15H2,1-3H3. The average Bonchev–Trinajstić information content (AvgIpc) is 2.24. The molecule has 2 heteroatoms. The largest absolute Gasteiger partial charge is 0.330 e. The van der Waals surface area contributed by atoms with Crippen molar-refractivity contribution in [3.05, 3.63) is 12.2 Å². The summed E-state index contributed by atoms with van der Waals surface area (Å²) in [6.07, 6.45) is 9.53. The van der Waals surface area contributed by atoms with E-state index in [1.54, 1.807) is 0 Å². The first-order chi connectivity index (χ1) is 7.54. The van der Waals surface area contributed by atoms with Crippen molar-refractivity contribution in [2.75, 3.05) is 13.1 Å². The maximum atomic E-state index is 5.48. The molecule has 0 aromatic rings. The van der Waals surface area contributed by atoms with Crippen molar-refractivity contribution in [3.8, 4) is 0 Å². The summed E-state index contributed by atoms with van der Waals surface area (Å²) in [4.78, 5) is 4.69. The molecule has 0 aromatic carbocycles. The number of aliphatic imine (C=N–C) groups is 1. The van der Waals surface area contributed by atoms with Crippen LogP contribution in [-0.4, -0.2) is 18.8 Å². The molecule has 0 spiro atoms. The van der Waals surface area contributed by atoms with E-state index >= 15 is 0 Å². The Morgan fingerprint density at radius 3 is 2.56 bits per heavy atom. The molecule has 0 fully saturated rings. The third-order valence-corrected chi connectivity index (χ3v) is 3.07. The Bertz CT molecular complexity index is 258. The van der Waals surface area contributed by atoms with Gasteiger partial charge in [0.05, 0.1) is 0 Å². The van der Waals surface area contributed by atoms with Crippen molar-refractivity contribution in [3.63, 3.8) is 0 Å². The third kappa shape index (κ3) is 4.48. The fourth-order valence-electron chi connectivity index (χ4n) is 1.96. The highest BCUT2D eigenvalue weighted by atomic mass is 14.8. The van der Waals surface area contributed by atoms with Crippen molar-refractivity contribution >= 4 is 5.71 Å². The van der Waals surface area contributed by atoms with Gasteiger partial charge < -0.3 is 5.73 Å². The number of hydrogen-bond donors (Lipinski definition) is 1. The minimum absolute atomic E-state index is 0.195.